The molecule has 2 N–H and O–H groups in total. The molecule has 0 aliphatic heterocycles. The predicted molar refractivity (Wildman–Crippen MR) is 149 cm³/mol. The van der Waals surface area contributed by atoms with Crippen molar-refractivity contribution < 1.29 is 14.3 Å². The Balaban J connectivity index is 1.24. The van der Waals surface area contributed by atoms with Crippen LogP contribution in [0.15, 0.2) is 72.9 Å². The van der Waals surface area contributed by atoms with Gasteiger partial charge < -0.3 is 20.1 Å². The van der Waals surface area contributed by atoms with E-state index in [0.29, 0.717) is 42.4 Å². The summed E-state index contributed by atoms with van der Waals surface area (Å²) in [5, 5.41) is 11.0. The van der Waals surface area contributed by atoms with Gasteiger partial charge in [0.05, 0.1) is 19.0 Å². The Morgan fingerprint density at radius 1 is 1.15 bits per heavy atom. The van der Waals surface area contributed by atoms with E-state index < -0.39 is 0 Å². The van der Waals surface area contributed by atoms with Gasteiger partial charge in [0, 0.05) is 43.1 Å². The lowest BCUT2D eigenvalue weighted by Gasteiger charge is -2.16. The summed E-state index contributed by atoms with van der Waals surface area (Å²) in [6, 6.07) is 9.69. The lowest BCUT2D eigenvalue weighted by molar-refractivity contribution is -0.117. The Bertz CT molecular complexity index is 1530. The van der Waals surface area contributed by atoms with E-state index in [1.54, 1.807) is 13.3 Å². The van der Waals surface area contributed by atoms with Crippen LogP contribution in [0.3, 0.4) is 0 Å². The number of nitrogens with zero attached hydrogens (tertiary/aromatic N) is 5. The van der Waals surface area contributed by atoms with E-state index in [1.165, 1.54) is 6.33 Å². The van der Waals surface area contributed by atoms with Crippen LogP contribution in [0.2, 0.25) is 0 Å². The number of ether oxygens (including phenoxy) is 2. The summed E-state index contributed by atoms with van der Waals surface area (Å²) >= 11 is 0. The number of rotatable bonds is 10. The van der Waals surface area contributed by atoms with Gasteiger partial charge in [0.15, 0.2) is 11.3 Å². The summed E-state index contributed by atoms with van der Waals surface area (Å²) in [6.07, 6.45) is 11.8. The van der Waals surface area contributed by atoms with Crippen LogP contribution in [-0.4, -0.2) is 50.9 Å². The van der Waals surface area contributed by atoms with Gasteiger partial charge in [-0.2, -0.15) is 5.10 Å². The van der Waals surface area contributed by atoms with Gasteiger partial charge in [0.1, 0.15) is 23.3 Å². The Hall–Kier alpha value is -4.57. The van der Waals surface area contributed by atoms with Crippen LogP contribution in [-0.2, 0) is 16.1 Å². The molecule has 5 rings (SSSR count). The first-order valence-corrected chi connectivity index (χ1v) is 12.8. The number of carbonyl (C=O) groups is 1. The van der Waals surface area contributed by atoms with Gasteiger partial charge in [0.25, 0.3) is 5.91 Å². The SMILES string of the molecule is COCCNC(=O)C1=CCC(Cn2cc3ncnc(Nc4ccc(Oc5ccc(C)nc5)c(C)c4)c3n2)C=C1. The quantitative estimate of drug-likeness (QED) is 0.288. The van der Waals surface area contributed by atoms with Gasteiger partial charge in [-0.1, -0.05) is 18.2 Å². The van der Waals surface area contributed by atoms with Gasteiger partial charge in [-0.05, 0) is 56.2 Å². The lowest BCUT2D eigenvalue weighted by atomic mass is 9.96. The maximum atomic E-state index is 12.2. The molecular formula is C29H31N7O3. The molecule has 1 amide bonds. The van der Waals surface area contributed by atoms with Crippen molar-refractivity contribution in [3.63, 3.8) is 0 Å². The summed E-state index contributed by atoms with van der Waals surface area (Å²) in [5.41, 5.74) is 4.90. The Labute approximate surface area is 226 Å². The number of nitrogens with one attached hydrogen (secondary N) is 2. The number of hydrogen-bond donors (Lipinski definition) is 2. The number of aryl methyl sites for hydroxylation is 2. The van der Waals surface area contributed by atoms with Crippen molar-refractivity contribution in [3.05, 3.63) is 84.1 Å². The highest BCUT2D eigenvalue weighted by Crippen LogP contribution is 2.29. The van der Waals surface area contributed by atoms with Crippen LogP contribution in [0.4, 0.5) is 11.5 Å². The second-order valence-corrected chi connectivity index (χ2v) is 9.41. The maximum absolute atomic E-state index is 12.2. The number of amides is 1. The molecule has 0 radical (unpaired) electrons. The number of hydrogen-bond acceptors (Lipinski definition) is 8. The molecule has 0 bridgehead atoms. The van der Waals surface area contributed by atoms with E-state index in [4.69, 9.17) is 14.6 Å². The molecule has 3 heterocycles. The fourth-order valence-electron chi connectivity index (χ4n) is 4.27. The highest BCUT2D eigenvalue weighted by atomic mass is 16.5. The minimum atomic E-state index is -0.0837. The monoisotopic (exact) mass is 525 g/mol. The van der Waals surface area contributed by atoms with E-state index >= 15 is 0 Å². The lowest BCUT2D eigenvalue weighted by Crippen LogP contribution is -2.28. The number of aromatic nitrogens is 5. The molecule has 1 unspecified atom stereocenters. The number of fused-ring (bicyclic) bond motifs is 1. The minimum Gasteiger partial charge on any atom is -0.455 e. The Morgan fingerprint density at radius 2 is 2.05 bits per heavy atom. The molecular weight excluding hydrogens is 494 g/mol. The maximum Gasteiger partial charge on any atom is 0.251 e. The molecule has 1 aliphatic carbocycles. The van der Waals surface area contributed by atoms with Crippen molar-refractivity contribution in [3.8, 4) is 11.5 Å². The molecule has 10 nitrogen and oxygen atoms in total. The molecule has 0 saturated carbocycles. The molecule has 0 saturated heterocycles. The summed E-state index contributed by atoms with van der Waals surface area (Å²) in [6.45, 7) is 5.58. The van der Waals surface area contributed by atoms with Crippen LogP contribution in [0, 0.1) is 19.8 Å². The number of pyridine rings is 1. The molecule has 3 aromatic heterocycles. The van der Waals surface area contributed by atoms with Gasteiger partial charge in [-0.15, -0.1) is 0 Å². The number of benzene rings is 1. The van der Waals surface area contributed by atoms with Crippen LogP contribution >= 0.6 is 0 Å². The van der Waals surface area contributed by atoms with Crippen LogP contribution < -0.4 is 15.4 Å². The van der Waals surface area contributed by atoms with Crippen molar-refractivity contribution in [1.82, 2.24) is 30.0 Å². The molecule has 1 atom stereocenters. The van der Waals surface area contributed by atoms with Crippen molar-refractivity contribution in [2.24, 2.45) is 5.92 Å². The number of anilines is 2. The minimum absolute atomic E-state index is 0.0837. The molecule has 0 spiro atoms. The summed E-state index contributed by atoms with van der Waals surface area (Å²) in [7, 11) is 1.61. The normalized spacial score (nSPS) is 14.7. The predicted octanol–water partition coefficient (Wildman–Crippen LogP) is 4.64. The summed E-state index contributed by atoms with van der Waals surface area (Å²) in [5.74, 6) is 2.21. The molecule has 0 fully saturated rings. The third-order valence-electron chi connectivity index (χ3n) is 6.36. The topological polar surface area (TPSA) is 116 Å². The zero-order valence-corrected chi connectivity index (χ0v) is 22.2. The van der Waals surface area contributed by atoms with Crippen molar-refractivity contribution in [1.29, 1.82) is 0 Å². The smallest absolute Gasteiger partial charge is 0.251 e. The fraction of sp³-hybridized carbons (Fsp3) is 0.276. The van der Waals surface area contributed by atoms with Crippen molar-refractivity contribution >= 4 is 28.4 Å². The molecule has 10 heteroatoms. The molecule has 39 heavy (non-hydrogen) atoms. The van der Waals surface area contributed by atoms with Gasteiger partial charge in [-0.25, -0.2) is 9.97 Å². The average Bonchev–Trinajstić information content (AvgIpc) is 3.35. The zero-order chi connectivity index (χ0) is 27.2. The molecule has 4 aromatic rings. The third kappa shape index (κ3) is 6.47. The largest absolute Gasteiger partial charge is 0.455 e. The van der Waals surface area contributed by atoms with Crippen LogP contribution in [0.25, 0.3) is 11.0 Å². The highest BCUT2D eigenvalue weighted by molar-refractivity contribution is 5.96. The van der Waals surface area contributed by atoms with Gasteiger partial charge >= 0.3 is 0 Å². The summed E-state index contributed by atoms with van der Waals surface area (Å²) in [4.78, 5) is 25.4. The molecule has 1 aromatic carbocycles. The molecule has 200 valence electrons. The second-order valence-electron chi connectivity index (χ2n) is 9.41. The zero-order valence-electron chi connectivity index (χ0n) is 22.2. The van der Waals surface area contributed by atoms with Crippen molar-refractivity contribution in [2.45, 2.75) is 26.8 Å². The van der Waals surface area contributed by atoms with Crippen LogP contribution in [0.1, 0.15) is 17.7 Å². The van der Waals surface area contributed by atoms with E-state index in [-0.39, 0.29) is 11.8 Å². The van der Waals surface area contributed by atoms with Gasteiger partial charge in [0.2, 0.25) is 0 Å². The highest BCUT2D eigenvalue weighted by Gasteiger charge is 2.16. The Morgan fingerprint density at radius 3 is 2.79 bits per heavy atom. The second kappa shape index (κ2) is 11.9. The third-order valence-corrected chi connectivity index (χ3v) is 6.36. The first kappa shape index (κ1) is 26.1. The summed E-state index contributed by atoms with van der Waals surface area (Å²) < 4.78 is 12.9. The first-order chi connectivity index (χ1) is 19.0. The average molecular weight is 526 g/mol. The fourth-order valence-corrected chi connectivity index (χ4v) is 4.27. The standard InChI is InChI=1S/C29H31N7O3/c1-19-14-23(9-11-26(19)39-24-10-4-20(2)31-15-24)34-28-27-25(32-18-33-28)17-36(35-27)16-21-5-7-22(8-6-21)29(37)30-12-13-38-3/h4-5,7-11,14-15,17-18,21H,6,12-13,16H2,1-3H3,(H,30,37)(H,32,33,34). The van der Waals surface area contributed by atoms with Crippen molar-refractivity contribution in [2.75, 3.05) is 25.6 Å². The van der Waals surface area contributed by atoms with E-state index in [1.807, 2.05) is 67.2 Å². The Kier molecular flexibility index (Phi) is 7.93. The van der Waals surface area contributed by atoms with E-state index in [0.717, 1.165) is 34.6 Å². The number of methoxy groups -OCH3 is 1. The molecule has 1 aliphatic rings. The first-order valence-electron chi connectivity index (χ1n) is 12.8. The van der Waals surface area contributed by atoms with E-state index in [2.05, 4.69) is 31.7 Å². The van der Waals surface area contributed by atoms with Gasteiger partial charge in [-0.3, -0.25) is 14.5 Å². The number of allylic oxidation sites excluding steroid dienone is 2. The van der Waals surface area contributed by atoms with Crippen LogP contribution in [0.5, 0.6) is 11.5 Å². The van der Waals surface area contributed by atoms with E-state index in [9.17, 15) is 4.79 Å². The number of carbonyl (C=O) groups excluding carboxylic acids is 1.